The molecule has 164 valence electrons. The van der Waals surface area contributed by atoms with E-state index in [4.69, 9.17) is 0 Å². The standard InChI is InChI=1S/C26H33N3O2/c1-18-15-22-9-10-23(28-20(3)31)17-25(22)29(18)26(11-13-27-14-12-26)24(19(2)30)16-21-7-5-4-6-8-21/h4-10,15,17,19,24,27,30H,11-14,16H2,1-3H3,(H,28,31). The van der Waals surface area contributed by atoms with Crippen molar-refractivity contribution >= 4 is 22.5 Å². The molecule has 3 aromatic rings. The van der Waals surface area contributed by atoms with Gasteiger partial charge in [-0.05, 0) is 70.0 Å². The van der Waals surface area contributed by atoms with Crippen LogP contribution in [0.1, 0.15) is 37.9 Å². The number of aliphatic hydroxyl groups is 1. The van der Waals surface area contributed by atoms with E-state index in [9.17, 15) is 9.90 Å². The number of aliphatic hydroxyl groups excluding tert-OH is 1. The Morgan fingerprint density at radius 1 is 1.16 bits per heavy atom. The van der Waals surface area contributed by atoms with Crippen LogP contribution in [0.25, 0.3) is 10.9 Å². The third kappa shape index (κ3) is 4.25. The van der Waals surface area contributed by atoms with Crippen molar-refractivity contribution < 1.29 is 9.90 Å². The Labute approximate surface area is 184 Å². The largest absolute Gasteiger partial charge is 0.393 e. The van der Waals surface area contributed by atoms with Gasteiger partial charge in [0.2, 0.25) is 5.91 Å². The van der Waals surface area contributed by atoms with Gasteiger partial charge in [0.1, 0.15) is 0 Å². The van der Waals surface area contributed by atoms with E-state index < -0.39 is 6.10 Å². The van der Waals surface area contributed by atoms with Crippen molar-refractivity contribution in [2.75, 3.05) is 18.4 Å². The summed E-state index contributed by atoms with van der Waals surface area (Å²) >= 11 is 0. The number of nitrogens with one attached hydrogen (secondary N) is 2. The Bertz CT molecular complexity index is 1050. The molecule has 2 unspecified atom stereocenters. The number of carbonyl (C=O) groups is 1. The molecule has 1 saturated heterocycles. The fraction of sp³-hybridized carbons (Fsp3) is 0.423. The van der Waals surface area contributed by atoms with Crippen molar-refractivity contribution in [2.24, 2.45) is 5.92 Å². The average Bonchev–Trinajstić information content (AvgIpc) is 3.08. The van der Waals surface area contributed by atoms with Crippen LogP contribution in [0, 0.1) is 12.8 Å². The van der Waals surface area contributed by atoms with Crippen molar-refractivity contribution in [1.82, 2.24) is 9.88 Å². The predicted octanol–water partition coefficient (Wildman–Crippen LogP) is 4.23. The van der Waals surface area contributed by atoms with Gasteiger partial charge < -0.3 is 20.3 Å². The first-order valence-corrected chi connectivity index (χ1v) is 11.2. The van der Waals surface area contributed by atoms with Gasteiger partial charge in [-0.2, -0.15) is 0 Å². The van der Waals surface area contributed by atoms with E-state index in [0.717, 1.165) is 48.9 Å². The Morgan fingerprint density at radius 2 is 1.87 bits per heavy atom. The van der Waals surface area contributed by atoms with Crippen LogP contribution in [-0.4, -0.2) is 34.8 Å². The van der Waals surface area contributed by atoms with Gasteiger partial charge in [-0.1, -0.05) is 36.4 Å². The molecule has 4 rings (SSSR count). The van der Waals surface area contributed by atoms with E-state index in [0.29, 0.717) is 0 Å². The molecule has 1 fully saturated rings. The molecule has 2 heterocycles. The number of piperidine rings is 1. The summed E-state index contributed by atoms with van der Waals surface area (Å²) in [6.45, 7) is 7.46. The van der Waals surface area contributed by atoms with Crippen LogP contribution >= 0.6 is 0 Å². The Hall–Kier alpha value is -2.63. The number of carbonyl (C=O) groups excluding carboxylic acids is 1. The highest BCUT2D eigenvalue weighted by Gasteiger charge is 2.44. The quantitative estimate of drug-likeness (QED) is 0.560. The highest BCUT2D eigenvalue weighted by Crippen LogP contribution is 2.43. The summed E-state index contributed by atoms with van der Waals surface area (Å²) < 4.78 is 2.45. The number of fused-ring (bicyclic) bond motifs is 1. The molecule has 5 heteroatoms. The molecule has 0 bridgehead atoms. The van der Waals surface area contributed by atoms with Gasteiger partial charge in [-0.3, -0.25) is 4.79 Å². The van der Waals surface area contributed by atoms with Crippen molar-refractivity contribution in [2.45, 2.75) is 51.7 Å². The Morgan fingerprint density at radius 3 is 2.52 bits per heavy atom. The molecule has 0 aliphatic carbocycles. The van der Waals surface area contributed by atoms with Gasteiger partial charge >= 0.3 is 0 Å². The van der Waals surface area contributed by atoms with Gasteiger partial charge in [0.15, 0.2) is 0 Å². The van der Waals surface area contributed by atoms with Crippen molar-refractivity contribution in [3.63, 3.8) is 0 Å². The third-order valence-corrected chi connectivity index (χ3v) is 6.79. The van der Waals surface area contributed by atoms with Gasteiger partial charge in [-0.25, -0.2) is 0 Å². The van der Waals surface area contributed by atoms with E-state index in [1.54, 1.807) is 0 Å². The number of anilines is 1. The third-order valence-electron chi connectivity index (χ3n) is 6.79. The summed E-state index contributed by atoms with van der Waals surface area (Å²) in [7, 11) is 0. The van der Waals surface area contributed by atoms with E-state index in [2.05, 4.69) is 64.6 Å². The second-order valence-corrected chi connectivity index (χ2v) is 8.97. The molecular weight excluding hydrogens is 386 g/mol. The lowest BCUT2D eigenvalue weighted by Gasteiger charge is -2.48. The molecule has 2 atom stereocenters. The Balaban J connectivity index is 1.87. The molecule has 2 aromatic carbocycles. The number of aryl methyl sites for hydroxylation is 1. The SMILES string of the molecule is CC(=O)Nc1ccc2cc(C)n(C3(C(Cc4ccccc4)C(C)O)CCNCC3)c2c1. The fourth-order valence-corrected chi connectivity index (χ4v) is 5.51. The van der Waals surface area contributed by atoms with Crippen LogP contribution in [0.3, 0.4) is 0 Å². The summed E-state index contributed by atoms with van der Waals surface area (Å²) in [4.78, 5) is 11.6. The first-order chi connectivity index (χ1) is 14.9. The predicted molar refractivity (Wildman–Crippen MR) is 126 cm³/mol. The average molecular weight is 420 g/mol. The van der Waals surface area contributed by atoms with Gasteiger partial charge in [0, 0.05) is 29.6 Å². The van der Waals surface area contributed by atoms with Crippen molar-refractivity contribution in [1.29, 1.82) is 0 Å². The second-order valence-electron chi connectivity index (χ2n) is 8.97. The molecule has 1 amide bonds. The summed E-state index contributed by atoms with van der Waals surface area (Å²) in [6.07, 6.45) is 2.27. The van der Waals surface area contributed by atoms with Gasteiger partial charge in [0.05, 0.1) is 17.2 Å². The molecule has 0 spiro atoms. The van der Waals surface area contributed by atoms with Crippen LogP contribution in [0.15, 0.2) is 54.6 Å². The lowest BCUT2D eigenvalue weighted by atomic mass is 9.71. The number of nitrogens with zero attached hydrogens (tertiary/aromatic N) is 1. The number of aromatic nitrogens is 1. The van der Waals surface area contributed by atoms with Crippen LogP contribution in [0.5, 0.6) is 0 Å². The first-order valence-electron chi connectivity index (χ1n) is 11.2. The molecule has 1 aromatic heterocycles. The molecular formula is C26H33N3O2. The normalized spacial score (nSPS) is 17.9. The molecule has 31 heavy (non-hydrogen) atoms. The maximum atomic E-state index is 11.6. The lowest BCUT2D eigenvalue weighted by molar-refractivity contribution is -0.114. The molecule has 3 N–H and O–H groups in total. The van der Waals surface area contributed by atoms with Crippen LogP contribution < -0.4 is 10.6 Å². The summed E-state index contributed by atoms with van der Waals surface area (Å²) in [5.41, 5.74) is 4.15. The minimum absolute atomic E-state index is 0.0655. The van der Waals surface area contributed by atoms with E-state index in [-0.39, 0.29) is 17.4 Å². The zero-order valence-corrected chi connectivity index (χ0v) is 18.7. The minimum Gasteiger partial charge on any atom is -0.393 e. The zero-order valence-electron chi connectivity index (χ0n) is 18.7. The molecule has 1 aliphatic rings. The van der Waals surface area contributed by atoms with E-state index in [1.165, 1.54) is 18.2 Å². The summed E-state index contributed by atoms with van der Waals surface area (Å²) in [5.74, 6) is -0.00702. The molecule has 0 radical (unpaired) electrons. The zero-order chi connectivity index (χ0) is 22.0. The van der Waals surface area contributed by atoms with Crippen molar-refractivity contribution in [3.05, 3.63) is 65.9 Å². The number of rotatable bonds is 6. The molecule has 0 saturated carbocycles. The lowest BCUT2D eigenvalue weighted by Crippen LogP contribution is -2.53. The highest BCUT2D eigenvalue weighted by atomic mass is 16.3. The van der Waals surface area contributed by atoms with Gasteiger partial charge in [0.25, 0.3) is 0 Å². The topological polar surface area (TPSA) is 66.3 Å². The fourth-order valence-electron chi connectivity index (χ4n) is 5.51. The number of benzene rings is 2. The van der Waals surface area contributed by atoms with E-state index in [1.807, 2.05) is 19.1 Å². The maximum absolute atomic E-state index is 11.6. The number of hydrogen-bond donors (Lipinski definition) is 3. The maximum Gasteiger partial charge on any atom is 0.221 e. The second kappa shape index (κ2) is 8.85. The van der Waals surface area contributed by atoms with Crippen molar-refractivity contribution in [3.8, 4) is 0 Å². The summed E-state index contributed by atoms with van der Waals surface area (Å²) in [6, 6.07) is 18.8. The first kappa shape index (κ1) is 21.6. The van der Waals surface area contributed by atoms with Gasteiger partial charge in [-0.15, -0.1) is 0 Å². The smallest absolute Gasteiger partial charge is 0.221 e. The Kier molecular flexibility index (Phi) is 6.17. The number of hydrogen-bond acceptors (Lipinski definition) is 3. The monoisotopic (exact) mass is 419 g/mol. The number of amides is 1. The molecule has 5 nitrogen and oxygen atoms in total. The van der Waals surface area contributed by atoms with E-state index >= 15 is 0 Å². The molecule has 1 aliphatic heterocycles. The summed E-state index contributed by atoms with van der Waals surface area (Å²) in [5, 5.41) is 18.6. The highest BCUT2D eigenvalue weighted by molar-refractivity contribution is 5.92. The minimum atomic E-state index is -0.450. The van der Waals surface area contributed by atoms with Crippen LogP contribution in [-0.2, 0) is 16.8 Å². The van der Waals surface area contributed by atoms with Crippen LogP contribution in [0.4, 0.5) is 5.69 Å². The van der Waals surface area contributed by atoms with Crippen LogP contribution in [0.2, 0.25) is 0 Å².